The number of nitrogens with zero attached hydrogens (tertiary/aromatic N) is 1. The normalized spacial score (nSPS) is 29.8. The highest BCUT2D eigenvalue weighted by Crippen LogP contribution is 2.35. The van der Waals surface area contributed by atoms with Crippen molar-refractivity contribution in [1.82, 2.24) is 10.2 Å². The number of hydrogen-bond acceptors (Lipinski definition) is 2. The van der Waals surface area contributed by atoms with E-state index in [1.54, 1.807) is 4.90 Å². The Bertz CT molecular complexity index is 348. The van der Waals surface area contributed by atoms with Crippen molar-refractivity contribution in [3.63, 3.8) is 0 Å². The predicted octanol–water partition coefficient (Wildman–Crippen LogP) is 1.68. The molecule has 0 bridgehead atoms. The average molecular weight is 254 g/mol. The number of rotatable bonds is 3. The van der Waals surface area contributed by atoms with E-state index in [1.165, 1.54) is 0 Å². The van der Waals surface area contributed by atoms with Crippen LogP contribution in [0.3, 0.4) is 0 Å². The molecule has 18 heavy (non-hydrogen) atoms. The topological polar surface area (TPSA) is 69.6 Å². The van der Waals surface area contributed by atoms with Gasteiger partial charge in [0.05, 0.1) is 5.41 Å². The quantitative estimate of drug-likeness (QED) is 0.805. The van der Waals surface area contributed by atoms with Crippen molar-refractivity contribution in [3.8, 4) is 0 Å². The maximum atomic E-state index is 11.9. The van der Waals surface area contributed by atoms with Gasteiger partial charge in [-0.25, -0.2) is 4.79 Å². The van der Waals surface area contributed by atoms with E-state index in [4.69, 9.17) is 0 Å². The number of hydrogen-bond donors (Lipinski definition) is 2. The summed E-state index contributed by atoms with van der Waals surface area (Å²) in [6.07, 6.45) is 2.82. The molecule has 2 aliphatic rings. The third kappa shape index (κ3) is 2.44. The molecule has 2 fully saturated rings. The predicted molar refractivity (Wildman–Crippen MR) is 67.3 cm³/mol. The summed E-state index contributed by atoms with van der Waals surface area (Å²) in [4.78, 5) is 25.0. The van der Waals surface area contributed by atoms with Gasteiger partial charge in [0.25, 0.3) is 0 Å². The highest BCUT2D eigenvalue weighted by molar-refractivity contribution is 5.77. The molecule has 102 valence electrons. The third-order valence-corrected chi connectivity index (χ3v) is 4.56. The van der Waals surface area contributed by atoms with Gasteiger partial charge in [0.15, 0.2) is 0 Å². The van der Waals surface area contributed by atoms with E-state index >= 15 is 0 Å². The summed E-state index contributed by atoms with van der Waals surface area (Å²) in [6.45, 7) is 5.13. The van der Waals surface area contributed by atoms with Crippen molar-refractivity contribution in [2.24, 2.45) is 11.3 Å². The second-order valence-corrected chi connectivity index (χ2v) is 5.70. The zero-order valence-corrected chi connectivity index (χ0v) is 11.1. The molecule has 1 aliphatic carbocycles. The average Bonchev–Trinajstić information content (AvgIpc) is 3.04. The van der Waals surface area contributed by atoms with Crippen LogP contribution < -0.4 is 5.32 Å². The summed E-state index contributed by atoms with van der Waals surface area (Å²) in [5.41, 5.74) is -0.621. The Hall–Kier alpha value is -1.26. The molecule has 0 aromatic heterocycles. The molecule has 1 saturated heterocycles. The molecular weight excluding hydrogens is 232 g/mol. The number of piperidine rings is 1. The Labute approximate surface area is 108 Å². The van der Waals surface area contributed by atoms with Crippen molar-refractivity contribution in [1.29, 1.82) is 0 Å². The van der Waals surface area contributed by atoms with Crippen molar-refractivity contribution in [3.05, 3.63) is 0 Å². The van der Waals surface area contributed by atoms with Crippen LogP contribution >= 0.6 is 0 Å². The maximum Gasteiger partial charge on any atom is 0.317 e. The van der Waals surface area contributed by atoms with Gasteiger partial charge in [-0.1, -0.05) is 13.8 Å². The zero-order valence-electron chi connectivity index (χ0n) is 11.1. The lowest BCUT2D eigenvalue weighted by Gasteiger charge is -2.38. The minimum absolute atomic E-state index is 0.0283. The van der Waals surface area contributed by atoms with Crippen LogP contribution in [0.25, 0.3) is 0 Å². The molecule has 1 saturated carbocycles. The Balaban J connectivity index is 1.85. The summed E-state index contributed by atoms with van der Waals surface area (Å²) in [5.74, 6) is -0.131. The van der Waals surface area contributed by atoms with Gasteiger partial charge in [-0.15, -0.1) is 0 Å². The number of carbonyl (C=O) groups is 2. The van der Waals surface area contributed by atoms with Gasteiger partial charge in [0.1, 0.15) is 0 Å². The lowest BCUT2D eigenvalue weighted by Crippen LogP contribution is -2.50. The molecule has 2 unspecified atom stereocenters. The molecular formula is C13H22N2O3. The Morgan fingerprint density at radius 3 is 2.33 bits per heavy atom. The van der Waals surface area contributed by atoms with E-state index in [-0.39, 0.29) is 6.03 Å². The van der Waals surface area contributed by atoms with E-state index in [9.17, 15) is 14.7 Å². The van der Waals surface area contributed by atoms with E-state index < -0.39 is 11.4 Å². The van der Waals surface area contributed by atoms with Crippen molar-refractivity contribution >= 4 is 12.0 Å². The standard InChI is InChI=1S/C13H22N2O3/c1-3-13(11(16)17)4-6-15(7-5-13)12(18)14-10-8-9(10)2/h9-10H,3-8H2,1-2H3,(H,14,18)(H,16,17). The lowest BCUT2D eigenvalue weighted by atomic mass is 9.76. The number of nitrogens with one attached hydrogen (secondary N) is 1. The van der Waals surface area contributed by atoms with Crippen LogP contribution in [-0.4, -0.2) is 41.1 Å². The molecule has 2 rings (SSSR count). The second-order valence-electron chi connectivity index (χ2n) is 5.70. The van der Waals surface area contributed by atoms with E-state index in [2.05, 4.69) is 12.2 Å². The highest BCUT2D eigenvalue weighted by atomic mass is 16.4. The third-order valence-electron chi connectivity index (χ3n) is 4.56. The largest absolute Gasteiger partial charge is 0.481 e. The Morgan fingerprint density at radius 2 is 1.94 bits per heavy atom. The molecule has 0 spiro atoms. The van der Waals surface area contributed by atoms with Crippen molar-refractivity contribution < 1.29 is 14.7 Å². The fourth-order valence-electron chi connectivity index (χ4n) is 2.63. The van der Waals surface area contributed by atoms with Gasteiger partial charge in [0, 0.05) is 19.1 Å². The molecule has 2 N–H and O–H groups in total. The van der Waals surface area contributed by atoms with Crippen LogP contribution in [0.4, 0.5) is 4.79 Å². The first-order valence-electron chi connectivity index (χ1n) is 6.77. The number of carboxylic acids is 1. The van der Waals surface area contributed by atoms with Gasteiger partial charge in [-0.3, -0.25) is 4.79 Å². The number of amides is 2. The first kappa shape index (κ1) is 13.2. The van der Waals surface area contributed by atoms with E-state index in [0.29, 0.717) is 44.3 Å². The minimum atomic E-state index is -0.721. The monoisotopic (exact) mass is 254 g/mol. The zero-order chi connectivity index (χ0) is 13.3. The second kappa shape index (κ2) is 4.78. The summed E-state index contributed by atoms with van der Waals surface area (Å²) in [5, 5.41) is 12.3. The highest BCUT2D eigenvalue weighted by Gasteiger charge is 2.42. The van der Waals surface area contributed by atoms with Gasteiger partial charge in [0.2, 0.25) is 0 Å². The lowest BCUT2D eigenvalue weighted by molar-refractivity contribution is -0.151. The van der Waals surface area contributed by atoms with Crippen LogP contribution in [0.2, 0.25) is 0 Å². The number of carbonyl (C=O) groups excluding carboxylic acids is 1. The van der Waals surface area contributed by atoms with Crippen LogP contribution in [-0.2, 0) is 4.79 Å². The summed E-state index contributed by atoms with van der Waals surface area (Å²) in [7, 11) is 0. The maximum absolute atomic E-state index is 11.9. The molecule has 2 atom stereocenters. The molecule has 5 heteroatoms. The SMILES string of the molecule is CCC1(C(=O)O)CCN(C(=O)NC2CC2C)CC1. The molecule has 2 amide bonds. The smallest absolute Gasteiger partial charge is 0.317 e. The Kier molecular flexibility index (Phi) is 3.50. The summed E-state index contributed by atoms with van der Waals surface area (Å²) in [6, 6.07) is 0.300. The number of likely N-dealkylation sites (tertiary alicyclic amines) is 1. The molecule has 5 nitrogen and oxygen atoms in total. The number of carboxylic acid groups (broad SMARTS) is 1. The molecule has 0 aromatic carbocycles. The number of aliphatic carboxylic acids is 1. The van der Waals surface area contributed by atoms with Gasteiger partial charge < -0.3 is 15.3 Å². The van der Waals surface area contributed by atoms with Crippen LogP contribution in [0.5, 0.6) is 0 Å². The van der Waals surface area contributed by atoms with Crippen molar-refractivity contribution in [2.75, 3.05) is 13.1 Å². The molecule has 0 radical (unpaired) electrons. The van der Waals surface area contributed by atoms with Crippen LogP contribution in [0.1, 0.15) is 39.5 Å². The Morgan fingerprint density at radius 1 is 1.39 bits per heavy atom. The summed E-state index contributed by atoms with van der Waals surface area (Å²) >= 11 is 0. The number of urea groups is 1. The first-order chi connectivity index (χ1) is 8.48. The fraction of sp³-hybridized carbons (Fsp3) is 0.846. The van der Waals surface area contributed by atoms with E-state index in [0.717, 1.165) is 6.42 Å². The van der Waals surface area contributed by atoms with Gasteiger partial charge in [-0.05, 0) is 31.6 Å². The first-order valence-corrected chi connectivity index (χ1v) is 6.77. The van der Waals surface area contributed by atoms with Gasteiger partial charge >= 0.3 is 12.0 Å². The van der Waals surface area contributed by atoms with Crippen LogP contribution in [0, 0.1) is 11.3 Å². The minimum Gasteiger partial charge on any atom is -0.481 e. The van der Waals surface area contributed by atoms with Crippen molar-refractivity contribution in [2.45, 2.75) is 45.6 Å². The molecule has 1 heterocycles. The summed E-state index contributed by atoms with van der Waals surface area (Å²) < 4.78 is 0. The molecule has 1 aliphatic heterocycles. The fourth-order valence-corrected chi connectivity index (χ4v) is 2.63. The molecule has 0 aromatic rings. The van der Waals surface area contributed by atoms with Crippen LogP contribution in [0.15, 0.2) is 0 Å². The van der Waals surface area contributed by atoms with Gasteiger partial charge in [-0.2, -0.15) is 0 Å². The van der Waals surface area contributed by atoms with E-state index in [1.807, 2.05) is 6.92 Å².